The minimum absolute atomic E-state index is 0.0541. The highest BCUT2D eigenvalue weighted by Gasteiger charge is 2.34. The van der Waals surface area contributed by atoms with Crippen molar-refractivity contribution in [2.24, 2.45) is 0 Å². The quantitative estimate of drug-likeness (QED) is 0.540. The van der Waals surface area contributed by atoms with Gasteiger partial charge >= 0.3 is 0 Å². The average molecular weight is 286 g/mol. The standard InChI is InChI=1S/C11H21B2O5P/c1-19(15-6-7-2-3-10(12)16-7)18-8-4-11(13)17-9(8)5-14/h1,7-11,14H,2-6,12-13H2/t7-,8+,9?,10+,11+/m0/s1. The zero-order chi connectivity index (χ0) is 13.8. The van der Waals surface area contributed by atoms with Gasteiger partial charge in [-0.25, -0.2) is 0 Å². The topological polar surface area (TPSA) is 57.2 Å². The van der Waals surface area contributed by atoms with Crippen LogP contribution in [0, 0.1) is 6.13 Å². The van der Waals surface area contributed by atoms with Crippen LogP contribution in [0.2, 0.25) is 0 Å². The lowest BCUT2D eigenvalue weighted by Gasteiger charge is -2.17. The summed E-state index contributed by atoms with van der Waals surface area (Å²) in [7, 11) is 2.57. The van der Waals surface area contributed by atoms with Gasteiger partial charge in [0.25, 0.3) is 0 Å². The second-order valence-electron chi connectivity index (χ2n) is 5.27. The number of aliphatic hydroxyl groups excluding tert-OH is 1. The first-order valence-corrected chi connectivity index (χ1v) is 8.09. The van der Waals surface area contributed by atoms with E-state index in [4.69, 9.17) is 24.7 Å². The van der Waals surface area contributed by atoms with Crippen molar-refractivity contribution in [1.82, 2.24) is 0 Å². The summed E-state index contributed by atoms with van der Waals surface area (Å²) in [5, 5.41) is 9.20. The Kier molecular flexibility index (Phi) is 5.79. The van der Waals surface area contributed by atoms with E-state index in [-0.39, 0.29) is 30.9 Å². The van der Waals surface area contributed by atoms with Crippen molar-refractivity contribution in [2.45, 2.75) is 49.6 Å². The molecule has 0 aromatic carbocycles. The highest BCUT2D eigenvalue weighted by Crippen LogP contribution is 2.32. The maximum atomic E-state index is 9.20. The Labute approximate surface area is 117 Å². The van der Waals surface area contributed by atoms with Gasteiger partial charge in [0.1, 0.15) is 27.9 Å². The van der Waals surface area contributed by atoms with E-state index in [1.807, 2.05) is 7.85 Å². The summed E-state index contributed by atoms with van der Waals surface area (Å²) in [5.74, 6) is 0. The lowest BCUT2D eigenvalue weighted by atomic mass is 9.96. The molecule has 8 heteroatoms. The van der Waals surface area contributed by atoms with Crippen molar-refractivity contribution in [3.8, 4) is 6.13 Å². The maximum Gasteiger partial charge on any atom is 0.169 e. The van der Waals surface area contributed by atoms with Crippen molar-refractivity contribution < 1.29 is 23.6 Å². The van der Waals surface area contributed by atoms with Gasteiger partial charge in [0.15, 0.2) is 7.83 Å². The van der Waals surface area contributed by atoms with Crippen LogP contribution in [0.3, 0.4) is 0 Å². The van der Waals surface area contributed by atoms with Gasteiger partial charge in [0.05, 0.1) is 19.3 Å². The molecular weight excluding hydrogens is 265 g/mol. The van der Waals surface area contributed by atoms with Gasteiger partial charge in [-0.05, 0) is 19.3 Å². The molecule has 0 aromatic heterocycles. The van der Waals surface area contributed by atoms with E-state index in [1.54, 1.807) is 0 Å². The molecule has 2 aliphatic heterocycles. The smallest absolute Gasteiger partial charge is 0.169 e. The number of ether oxygens (including phenoxy) is 2. The van der Waals surface area contributed by atoms with Crippen molar-refractivity contribution in [2.75, 3.05) is 13.2 Å². The van der Waals surface area contributed by atoms with Crippen LogP contribution in [-0.4, -0.2) is 64.3 Å². The van der Waals surface area contributed by atoms with Gasteiger partial charge in [0, 0.05) is 12.0 Å². The third kappa shape index (κ3) is 4.51. The Balaban J connectivity index is 1.69. The molecule has 0 bridgehead atoms. The third-order valence-electron chi connectivity index (χ3n) is 3.51. The molecule has 2 aliphatic rings. The second kappa shape index (κ2) is 7.14. The van der Waals surface area contributed by atoms with Crippen LogP contribution >= 0.6 is 7.83 Å². The Hall–Kier alpha value is 0.00987. The molecule has 2 saturated heterocycles. The molecule has 0 amide bonds. The predicted molar refractivity (Wildman–Crippen MR) is 78.0 cm³/mol. The number of aliphatic hydroxyl groups is 1. The van der Waals surface area contributed by atoms with E-state index in [0.717, 1.165) is 19.3 Å². The first kappa shape index (κ1) is 15.4. The summed E-state index contributed by atoms with van der Waals surface area (Å²) in [6.07, 6.45) is 8.32. The molecule has 19 heavy (non-hydrogen) atoms. The van der Waals surface area contributed by atoms with Crippen LogP contribution in [0.5, 0.6) is 0 Å². The maximum absolute atomic E-state index is 9.20. The molecule has 1 N–H and O–H groups in total. The molecule has 2 fully saturated rings. The number of hydrogen-bond donors (Lipinski definition) is 1. The van der Waals surface area contributed by atoms with Crippen LogP contribution in [-0.2, 0) is 18.5 Å². The zero-order valence-electron chi connectivity index (χ0n) is 11.5. The first-order valence-electron chi connectivity index (χ1n) is 6.84. The third-order valence-corrected chi connectivity index (χ3v) is 4.39. The summed E-state index contributed by atoms with van der Waals surface area (Å²) in [6.45, 7) is 0.418. The van der Waals surface area contributed by atoms with Crippen LogP contribution < -0.4 is 0 Å². The highest BCUT2D eigenvalue weighted by molar-refractivity contribution is 7.35. The van der Waals surface area contributed by atoms with E-state index in [2.05, 4.69) is 7.85 Å². The van der Waals surface area contributed by atoms with Gasteiger partial charge in [-0.1, -0.05) is 6.13 Å². The van der Waals surface area contributed by atoms with E-state index >= 15 is 0 Å². The summed E-state index contributed by atoms with van der Waals surface area (Å²) < 4.78 is 22.3. The molecular formula is C11H21B2O5P. The predicted octanol–water partition coefficient (Wildman–Crippen LogP) is -0.832. The molecule has 0 spiro atoms. The molecule has 5 nitrogen and oxygen atoms in total. The first-order chi connectivity index (χ1) is 9.08. The van der Waals surface area contributed by atoms with Crippen molar-refractivity contribution >= 4 is 23.5 Å². The van der Waals surface area contributed by atoms with E-state index in [9.17, 15) is 5.11 Å². The molecule has 0 aliphatic carbocycles. The summed E-state index contributed by atoms with van der Waals surface area (Å²) in [5.41, 5.74) is 0. The highest BCUT2D eigenvalue weighted by atomic mass is 31.1. The Morgan fingerprint density at radius 2 is 2.05 bits per heavy atom. The molecule has 2 unspecified atom stereocenters. The van der Waals surface area contributed by atoms with Crippen LogP contribution in [0.1, 0.15) is 19.3 Å². The lowest BCUT2D eigenvalue weighted by Crippen LogP contribution is -2.26. The molecule has 6 atom stereocenters. The van der Waals surface area contributed by atoms with Crippen molar-refractivity contribution in [3.63, 3.8) is 0 Å². The fourth-order valence-electron chi connectivity index (χ4n) is 2.52. The molecule has 0 aromatic rings. The van der Waals surface area contributed by atoms with Gasteiger partial charge in [0.2, 0.25) is 0 Å². The Bertz CT molecular complexity index is 361. The van der Waals surface area contributed by atoms with Gasteiger partial charge in [-0.2, -0.15) is 0 Å². The fraction of sp³-hybridized carbons (Fsp3) is 0.909. The molecule has 0 radical (unpaired) electrons. The summed E-state index contributed by atoms with van der Waals surface area (Å²) in [6, 6.07) is 0.394. The van der Waals surface area contributed by atoms with Crippen LogP contribution in [0.15, 0.2) is 0 Å². The zero-order valence-corrected chi connectivity index (χ0v) is 12.4. The number of rotatable bonds is 4. The minimum Gasteiger partial charge on any atom is -0.394 e. The Morgan fingerprint density at radius 1 is 1.26 bits per heavy atom. The van der Waals surface area contributed by atoms with Crippen molar-refractivity contribution in [1.29, 1.82) is 0 Å². The second-order valence-corrected chi connectivity index (χ2v) is 6.31. The summed E-state index contributed by atoms with van der Waals surface area (Å²) in [4.78, 5) is 0. The number of hydrogen-bond acceptors (Lipinski definition) is 5. The van der Waals surface area contributed by atoms with E-state index in [0.29, 0.717) is 12.6 Å². The van der Waals surface area contributed by atoms with E-state index in [1.165, 1.54) is 0 Å². The molecule has 0 saturated carbocycles. The largest absolute Gasteiger partial charge is 0.394 e. The molecule has 2 heterocycles. The van der Waals surface area contributed by atoms with E-state index < -0.39 is 7.83 Å². The van der Waals surface area contributed by atoms with Gasteiger partial charge in [-0.3, -0.25) is 0 Å². The Morgan fingerprint density at radius 3 is 2.68 bits per heavy atom. The monoisotopic (exact) mass is 286 g/mol. The normalized spacial score (nSPS) is 39.6. The average Bonchev–Trinajstić information content (AvgIpc) is 2.93. The fourth-order valence-corrected chi connectivity index (χ4v) is 3.38. The summed E-state index contributed by atoms with van der Waals surface area (Å²) >= 11 is 0. The minimum atomic E-state index is -1.44. The molecule has 106 valence electrons. The molecule has 2 rings (SSSR count). The lowest BCUT2D eigenvalue weighted by molar-refractivity contribution is 0.00157. The van der Waals surface area contributed by atoms with Gasteiger partial charge in [-0.15, -0.1) is 0 Å². The SMILES string of the molecule is B[C@H]1C[C@@H](OP(#C)OC[C@@H]2CC[C@H](B)O2)C(CO)O1. The van der Waals surface area contributed by atoms with Crippen LogP contribution in [0.25, 0.3) is 0 Å². The van der Waals surface area contributed by atoms with Gasteiger partial charge < -0.3 is 23.6 Å². The van der Waals surface area contributed by atoms with Crippen molar-refractivity contribution in [3.05, 3.63) is 0 Å². The van der Waals surface area contributed by atoms with Crippen LogP contribution in [0.4, 0.5) is 0 Å².